The molecule has 0 N–H and O–H groups in total. The number of hydrogen-bond acceptors (Lipinski definition) is 4. The van der Waals surface area contributed by atoms with Gasteiger partial charge >= 0.3 is 0 Å². The minimum atomic E-state index is 0.565. The molecule has 7 aromatic rings. The summed E-state index contributed by atoms with van der Waals surface area (Å²) in [6.07, 6.45) is 0. The number of halogens is 1. The van der Waals surface area contributed by atoms with E-state index in [-0.39, 0.29) is 0 Å². The number of para-hydroxylation sites is 1. The summed E-state index contributed by atoms with van der Waals surface area (Å²) >= 11 is 6.33. The van der Waals surface area contributed by atoms with Crippen LogP contribution in [0.1, 0.15) is 0 Å². The largest absolute Gasteiger partial charge is 0.456 e. The lowest BCUT2D eigenvalue weighted by molar-refractivity contribution is 0.669. The van der Waals surface area contributed by atoms with Gasteiger partial charge in [0.05, 0.1) is 0 Å². The highest BCUT2D eigenvalue weighted by Crippen LogP contribution is 2.37. The molecular formula is C31H18ClN3O. The van der Waals surface area contributed by atoms with Crippen molar-refractivity contribution in [2.75, 3.05) is 0 Å². The summed E-state index contributed by atoms with van der Waals surface area (Å²) in [6.45, 7) is 0. The lowest BCUT2D eigenvalue weighted by atomic mass is 10.0. The normalized spacial score (nSPS) is 11.5. The Morgan fingerprint density at radius 2 is 1.17 bits per heavy atom. The average molecular weight is 484 g/mol. The molecule has 0 aliphatic carbocycles. The SMILES string of the molecule is Clc1cccc(-c2nc(-c3cccc4ccccc34)nc(-c3cccc4oc5ccccc5c34)n2)c1. The Hall–Kier alpha value is -4.54. The van der Waals surface area contributed by atoms with Crippen molar-refractivity contribution in [2.24, 2.45) is 0 Å². The van der Waals surface area contributed by atoms with E-state index in [0.29, 0.717) is 22.5 Å². The van der Waals surface area contributed by atoms with Crippen LogP contribution in [-0.2, 0) is 0 Å². The van der Waals surface area contributed by atoms with E-state index in [0.717, 1.165) is 49.4 Å². The fourth-order valence-electron chi connectivity index (χ4n) is 4.75. The van der Waals surface area contributed by atoms with Crippen LogP contribution >= 0.6 is 11.6 Å². The van der Waals surface area contributed by atoms with Crippen molar-refractivity contribution in [3.8, 4) is 34.2 Å². The van der Waals surface area contributed by atoms with E-state index in [1.807, 2.05) is 78.9 Å². The minimum absolute atomic E-state index is 0.565. The van der Waals surface area contributed by atoms with Crippen LogP contribution < -0.4 is 0 Å². The first-order valence-electron chi connectivity index (χ1n) is 11.7. The molecule has 0 aliphatic heterocycles. The van der Waals surface area contributed by atoms with Crippen molar-refractivity contribution in [3.05, 3.63) is 114 Å². The number of fused-ring (bicyclic) bond motifs is 4. The van der Waals surface area contributed by atoms with E-state index in [2.05, 4.69) is 30.3 Å². The van der Waals surface area contributed by atoms with Crippen molar-refractivity contribution < 1.29 is 4.42 Å². The van der Waals surface area contributed by atoms with Gasteiger partial charge in [0.15, 0.2) is 17.5 Å². The molecule has 0 radical (unpaired) electrons. The summed E-state index contributed by atoms with van der Waals surface area (Å²) in [6, 6.07) is 36.0. The molecule has 0 unspecified atom stereocenters. The van der Waals surface area contributed by atoms with Gasteiger partial charge in [0, 0.05) is 32.5 Å². The van der Waals surface area contributed by atoms with Gasteiger partial charge in [0.2, 0.25) is 0 Å². The summed E-state index contributed by atoms with van der Waals surface area (Å²) < 4.78 is 6.13. The highest BCUT2D eigenvalue weighted by Gasteiger charge is 2.18. The molecule has 0 saturated heterocycles. The Kier molecular flexibility index (Phi) is 4.79. The van der Waals surface area contributed by atoms with Crippen molar-refractivity contribution >= 4 is 44.3 Å². The molecule has 0 spiro atoms. The van der Waals surface area contributed by atoms with Crippen molar-refractivity contribution in [1.82, 2.24) is 15.0 Å². The quantitative estimate of drug-likeness (QED) is 0.252. The lowest BCUT2D eigenvalue weighted by Gasteiger charge is -2.11. The van der Waals surface area contributed by atoms with Gasteiger partial charge in [0.25, 0.3) is 0 Å². The second-order valence-electron chi connectivity index (χ2n) is 8.62. The molecule has 2 heterocycles. The molecule has 36 heavy (non-hydrogen) atoms. The highest BCUT2D eigenvalue weighted by molar-refractivity contribution is 6.30. The van der Waals surface area contributed by atoms with Gasteiger partial charge in [-0.25, -0.2) is 15.0 Å². The molecule has 0 bridgehead atoms. The maximum Gasteiger partial charge on any atom is 0.164 e. The Balaban J connectivity index is 1.55. The fourth-order valence-corrected chi connectivity index (χ4v) is 4.95. The van der Waals surface area contributed by atoms with E-state index in [1.54, 1.807) is 0 Å². The van der Waals surface area contributed by atoms with E-state index in [4.69, 9.17) is 31.0 Å². The molecule has 7 rings (SSSR count). The third-order valence-electron chi connectivity index (χ3n) is 6.39. The Bertz CT molecular complexity index is 1920. The molecule has 2 aromatic heterocycles. The van der Waals surface area contributed by atoms with Gasteiger partial charge in [0.1, 0.15) is 11.2 Å². The summed E-state index contributed by atoms with van der Waals surface area (Å²) in [7, 11) is 0. The average Bonchev–Trinajstić information content (AvgIpc) is 3.31. The fraction of sp³-hybridized carbons (Fsp3) is 0. The number of aromatic nitrogens is 3. The molecule has 0 amide bonds. The number of furan rings is 1. The predicted octanol–water partition coefficient (Wildman–Crippen LogP) is 8.58. The highest BCUT2D eigenvalue weighted by atomic mass is 35.5. The van der Waals surface area contributed by atoms with Crippen LogP contribution in [0.25, 0.3) is 66.9 Å². The number of hydrogen-bond donors (Lipinski definition) is 0. The van der Waals surface area contributed by atoms with Gasteiger partial charge in [-0.1, -0.05) is 96.5 Å². The number of nitrogens with zero attached hydrogens (tertiary/aromatic N) is 3. The van der Waals surface area contributed by atoms with Gasteiger partial charge in [-0.05, 0) is 35.0 Å². The smallest absolute Gasteiger partial charge is 0.164 e. The third kappa shape index (κ3) is 3.43. The molecule has 0 saturated carbocycles. The first-order chi connectivity index (χ1) is 17.7. The van der Waals surface area contributed by atoms with E-state index >= 15 is 0 Å². The van der Waals surface area contributed by atoms with Crippen LogP contribution in [0.15, 0.2) is 114 Å². The van der Waals surface area contributed by atoms with Gasteiger partial charge in [-0.3, -0.25) is 0 Å². The number of rotatable bonds is 3. The van der Waals surface area contributed by atoms with E-state index in [1.165, 1.54) is 0 Å². The summed E-state index contributed by atoms with van der Waals surface area (Å²) in [5.74, 6) is 1.76. The molecule has 0 atom stereocenters. The molecule has 5 aromatic carbocycles. The predicted molar refractivity (Wildman–Crippen MR) is 146 cm³/mol. The van der Waals surface area contributed by atoms with Crippen LogP contribution in [0.5, 0.6) is 0 Å². The van der Waals surface area contributed by atoms with Crippen molar-refractivity contribution in [2.45, 2.75) is 0 Å². The standard InChI is InChI=1S/C31H18ClN3O/c32-21-11-5-10-20(18-21)29-33-30(23-14-6-9-19-8-1-2-12-22(19)23)35-31(34-29)25-15-7-17-27-28(25)24-13-3-4-16-26(24)36-27/h1-18H. The molecule has 4 nitrogen and oxygen atoms in total. The van der Waals surface area contributed by atoms with E-state index in [9.17, 15) is 0 Å². The first-order valence-corrected chi connectivity index (χ1v) is 12.0. The Morgan fingerprint density at radius 1 is 0.528 bits per heavy atom. The Morgan fingerprint density at radius 3 is 2.06 bits per heavy atom. The van der Waals surface area contributed by atoms with Crippen LogP contribution in [0.4, 0.5) is 0 Å². The van der Waals surface area contributed by atoms with Crippen molar-refractivity contribution in [1.29, 1.82) is 0 Å². The van der Waals surface area contributed by atoms with Gasteiger partial charge in [-0.2, -0.15) is 0 Å². The maximum atomic E-state index is 6.33. The topological polar surface area (TPSA) is 51.8 Å². The van der Waals surface area contributed by atoms with Crippen LogP contribution in [0.3, 0.4) is 0 Å². The molecule has 0 aliphatic rings. The lowest BCUT2D eigenvalue weighted by Crippen LogP contribution is -2.00. The molecule has 170 valence electrons. The van der Waals surface area contributed by atoms with Gasteiger partial charge in [-0.15, -0.1) is 0 Å². The van der Waals surface area contributed by atoms with E-state index < -0.39 is 0 Å². The second-order valence-corrected chi connectivity index (χ2v) is 9.06. The zero-order valence-electron chi connectivity index (χ0n) is 19.0. The van der Waals surface area contributed by atoms with Crippen LogP contribution in [0.2, 0.25) is 5.02 Å². The zero-order valence-corrected chi connectivity index (χ0v) is 19.8. The summed E-state index contributed by atoms with van der Waals surface area (Å²) in [5, 5.41) is 4.86. The summed E-state index contributed by atoms with van der Waals surface area (Å²) in [4.78, 5) is 14.9. The monoisotopic (exact) mass is 483 g/mol. The molecule has 0 fully saturated rings. The van der Waals surface area contributed by atoms with Crippen LogP contribution in [0, 0.1) is 0 Å². The Labute approximate surface area is 211 Å². The summed E-state index contributed by atoms with van der Waals surface area (Å²) in [5.41, 5.74) is 4.30. The maximum absolute atomic E-state index is 6.33. The zero-order chi connectivity index (χ0) is 24.1. The van der Waals surface area contributed by atoms with Crippen molar-refractivity contribution in [3.63, 3.8) is 0 Å². The van der Waals surface area contributed by atoms with Crippen LogP contribution in [-0.4, -0.2) is 15.0 Å². The van der Waals surface area contributed by atoms with Gasteiger partial charge < -0.3 is 4.42 Å². The molecule has 5 heteroatoms. The first kappa shape index (κ1) is 20.8. The number of benzene rings is 5. The molecular weight excluding hydrogens is 466 g/mol. The third-order valence-corrected chi connectivity index (χ3v) is 6.63. The second kappa shape index (κ2) is 8.29. The minimum Gasteiger partial charge on any atom is -0.456 e.